The number of anilines is 1. The standard InChI is InChI=1S/C37H66N6O4/c1-4-5-6-7-8-9-10-11-12-13-14-15-16-17-18-19-20-21-22-23-33(44)46-27-31(28-47-36(45)34(38)30(2)3)24-25-43-29-41-32-26-40-37(39)42-35(32)43/h26,29-31,34H,4-25,27-28,38H2,1-3H3,(H2,39,40,42)/t31?,34-/m0/s1. The topological polar surface area (TPSA) is 148 Å². The molecule has 0 aliphatic heterocycles. The Labute approximate surface area is 284 Å². The summed E-state index contributed by atoms with van der Waals surface area (Å²) in [7, 11) is 0. The highest BCUT2D eigenvalue weighted by molar-refractivity contribution is 5.75. The van der Waals surface area contributed by atoms with Crippen LogP contribution in [0.4, 0.5) is 5.95 Å². The van der Waals surface area contributed by atoms with Gasteiger partial charge in [-0.05, 0) is 18.8 Å². The second-order valence-electron chi connectivity index (χ2n) is 13.7. The summed E-state index contributed by atoms with van der Waals surface area (Å²) in [6.45, 7) is 6.87. The molecule has 4 N–H and O–H groups in total. The number of imidazole rings is 1. The number of hydrogen-bond acceptors (Lipinski definition) is 9. The molecule has 0 aromatic carbocycles. The molecule has 0 bridgehead atoms. The lowest BCUT2D eigenvalue weighted by Gasteiger charge is -2.20. The summed E-state index contributed by atoms with van der Waals surface area (Å²) in [5.41, 5.74) is 13.0. The average Bonchev–Trinajstić information content (AvgIpc) is 3.46. The zero-order valence-corrected chi connectivity index (χ0v) is 29.9. The third-order valence-corrected chi connectivity index (χ3v) is 9.07. The van der Waals surface area contributed by atoms with Crippen molar-refractivity contribution in [3.05, 3.63) is 12.5 Å². The predicted molar refractivity (Wildman–Crippen MR) is 191 cm³/mol. The van der Waals surface area contributed by atoms with Gasteiger partial charge in [-0.15, -0.1) is 0 Å². The average molecular weight is 659 g/mol. The van der Waals surface area contributed by atoms with E-state index in [0.717, 1.165) is 19.3 Å². The number of ether oxygens (including phenoxy) is 2. The highest BCUT2D eigenvalue weighted by atomic mass is 16.5. The predicted octanol–water partition coefficient (Wildman–Crippen LogP) is 8.31. The van der Waals surface area contributed by atoms with Gasteiger partial charge in [0.25, 0.3) is 0 Å². The lowest BCUT2D eigenvalue weighted by Crippen LogP contribution is -2.38. The number of carbonyl (C=O) groups excluding carboxylic acids is 2. The highest BCUT2D eigenvalue weighted by Crippen LogP contribution is 2.17. The van der Waals surface area contributed by atoms with Gasteiger partial charge in [-0.25, -0.2) is 9.97 Å². The number of rotatable bonds is 29. The van der Waals surface area contributed by atoms with E-state index in [4.69, 9.17) is 20.9 Å². The fourth-order valence-electron chi connectivity index (χ4n) is 5.77. The molecule has 2 aromatic heterocycles. The minimum atomic E-state index is -0.690. The second kappa shape index (κ2) is 25.3. The summed E-state index contributed by atoms with van der Waals surface area (Å²) in [4.78, 5) is 37.5. The lowest BCUT2D eigenvalue weighted by molar-refractivity contribution is -0.150. The van der Waals surface area contributed by atoms with Gasteiger partial charge in [0.15, 0.2) is 5.65 Å². The summed E-state index contributed by atoms with van der Waals surface area (Å²) in [6.07, 6.45) is 29.4. The first-order valence-electron chi connectivity index (χ1n) is 18.8. The van der Waals surface area contributed by atoms with Crippen molar-refractivity contribution in [1.29, 1.82) is 0 Å². The van der Waals surface area contributed by atoms with E-state index in [1.54, 1.807) is 12.5 Å². The number of carbonyl (C=O) groups is 2. The largest absolute Gasteiger partial charge is 0.465 e. The first-order valence-corrected chi connectivity index (χ1v) is 18.8. The number of aryl methyl sites for hydroxylation is 1. The molecule has 2 atom stereocenters. The molecule has 2 heterocycles. The quantitative estimate of drug-likeness (QED) is 0.0650. The molecule has 47 heavy (non-hydrogen) atoms. The molecule has 0 saturated heterocycles. The number of hydrogen-bond donors (Lipinski definition) is 2. The molecule has 10 nitrogen and oxygen atoms in total. The van der Waals surface area contributed by atoms with Crippen molar-refractivity contribution in [2.24, 2.45) is 17.6 Å². The molecule has 0 radical (unpaired) electrons. The Hall–Kier alpha value is -2.75. The van der Waals surface area contributed by atoms with E-state index in [-0.39, 0.29) is 37.0 Å². The fourth-order valence-corrected chi connectivity index (χ4v) is 5.77. The van der Waals surface area contributed by atoms with Crippen molar-refractivity contribution in [2.45, 2.75) is 168 Å². The molecule has 0 saturated carbocycles. The third kappa shape index (κ3) is 18.4. The molecule has 1 unspecified atom stereocenters. The summed E-state index contributed by atoms with van der Waals surface area (Å²) >= 11 is 0. The third-order valence-electron chi connectivity index (χ3n) is 9.07. The van der Waals surface area contributed by atoms with Gasteiger partial charge in [-0.3, -0.25) is 9.59 Å². The number of esters is 2. The van der Waals surface area contributed by atoms with E-state index in [1.165, 1.54) is 103 Å². The lowest BCUT2D eigenvalue weighted by atomic mass is 10.0. The SMILES string of the molecule is CCCCCCCCCCCCCCCCCCCCCC(=O)OCC(CCn1cnc2cnc(N)nc21)COC(=O)[C@@H](N)C(C)C. The summed E-state index contributed by atoms with van der Waals surface area (Å²) in [5.74, 6) is -0.694. The fraction of sp³-hybridized carbons (Fsp3) is 0.811. The maximum absolute atomic E-state index is 12.5. The van der Waals surface area contributed by atoms with Gasteiger partial charge in [0.05, 0.1) is 25.7 Å². The maximum Gasteiger partial charge on any atom is 0.323 e. The van der Waals surface area contributed by atoms with Crippen LogP contribution in [-0.4, -0.2) is 50.7 Å². The first-order chi connectivity index (χ1) is 22.8. The molecule has 0 aliphatic carbocycles. The number of fused-ring (bicyclic) bond motifs is 1. The normalized spacial score (nSPS) is 12.9. The molecule has 0 aliphatic rings. The van der Waals surface area contributed by atoms with E-state index in [9.17, 15) is 9.59 Å². The number of nitrogens with zero attached hydrogens (tertiary/aromatic N) is 4. The summed E-state index contributed by atoms with van der Waals surface area (Å²) in [6, 6.07) is -0.690. The Kier molecular flexibility index (Phi) is 21.8. The molecule has 0 fully saturated rings. The van der Waals surface area contributed by atoms with Gasteiger partial charge < -0.3 is 25.5 Å². The van der Waals surface area contributed by atoms with Crippen LogP contribution in [0.25, 0.3) is 11.2 Å². The Morgan fingerprint density at radius 3 is 1.81 bits per heavy atom. The molecule has 0 spiro atoms. The molecule has 2 aromatic rings. The number of aromatic nitrogens is 4. The summed E-state index contributed by atoms with van der Waals surface area (Å²) in [5, 5.41) is 0. The first kappa shape index (κ1) is 40.4. The zero-order valence-electron chi connectivity index (χ0n) is 29.9. The molecule has 2 rings (SSSR count). The number of nitrogen functional groups attached to an aromatic ring is 1. The monoisotopic (exact) mass is 659 g/mol. The van der Waals surface area contributed by atoms with E-state index >= 15 is 0 Å². The van der Waals surface area contributed by atoms with E-state index in [0.29, 0.717) is 30.6 Å². The minimum absolute atomic E-state index is 0.0274. The van der Waals surface area contributed by atoms with Crippen LogP contribution in [0.2, 0.25) is 0 Å². The van der Waals surface area contributed by atoms with Gasteiger partial charge >= 0.3 is 11.9 Å². The van der Waals surface area contributed by atoms with Crippen LogP contribution in [0.3, 0.4) is 0 Å². The second-order valence-corrected chi connectivity index (χ2v) is 13.7. The van der Waals surface area contributed by atoms with Crippen molar-refractivity contribution in [3.8, 4) is 0 Å². The number of unbranched alkanes of at least 4 members (excludes halogenated alkanes) is 18. The Balaban J connectivity index is 1.54. The van der Waals surface area contributed by atoms with Crippen molar-refractivity contribution >= 4 is 29.1 Å². The van der Waals surface area contributed by atoms with Crippen molar-refractivity contribution in [3.63, 3.8) is 0 Å². The van der Waals surface area contributed by atoms with Gasteiger partial charge in [0, 0.05) is 18.9 Å². The Morgan fingerprint density at radius 1 is 0.766 bits per heavy atom. The highest BCUT2D eigenvalue weighted by Gasteiger charge is 2.22. The van der Waals surface area contributed by atoms with Gasteiger partial charge in [0.2, 0.25) is 5.95 Å². The van der Waals surface area contributed by atoms with Crippen LogP contribution in [-0.2, 0) is 25.6 Å². The molecular formula is C37H66N6O4. The Morgan fingerprint density at radius 2 is 1.28 bits per heavy atom. The molecule has 0 amide bonds. The van der Waals surface area contributed by atoms with Crippen LogP contribution in [0, 0.1) is 11.8 Å². The van der Waals surface area contributed by atoms with Gasteiger partial charge in [0.1, 0.15) is 11.6 Å². The summed E-state index contributed by atoms with van der Waals surface area (Å²) < 4.78 is 13.0. The van der Waals surface area contributed by atoms with E-state index in [2.05, 4.69) is 21.9 Å². The van der Waals surface area contributed by atoms with Crippen molar-refractivity contribution in [1.82, 2.24) is 19.5 Å². The van der Waals surface area contributed by atoms with Crippen LogP contribution < -0.4 is 11.5 Å². The maximum atomic E-state index is 12.5. The number of nitrogens with two attached hydrogens (primary N) is 2. The van der Waals surface area contributed by atoms with E-state index in [1.807, 2.05) is 18.4 Å². The smallest absolute Gasteiger partial charge is 0.323 e. The van der Waals surface area contributed by atoms with E-state index < -0.39 is 12.0 Å². The zero-order chi connectivity index (χ0) is 34.1. The van der Waals surface area contributed by atoms with Crippen molar-refractivity contribution in [2.75, 3.05) is 18.9 Å². The van der Waals surface area contributed by atoms with Crippen LogP contribution in [0.1, 0.15) is 156 Å². The molecule has 10 heteroatoms. The minimum Gasteiger partial charge on any atom is -0.465 e. The Bertz CT molecular complexity index is 1110. The molecule has 268 valence electrons. The van der Waals surface area contributed by atoms with Gasteiger partial charge in [-0.1, -0.05) is 136 Å². The van der Waals surface area contributed by atoms with Crippen LogP contribution in [0.15, 0.2) is 12.5 Å². The van der Waals surface area contributed by atoms with Crippen molar-refractivity contribution < 1.29 is 19.1 Å². The van der Waals surface area contributed by atoms with Gasteiger partial charge in [-0.2, -0.15) is 4.98 Å². The molecular weight excluding hydrogens is 592 g/mol. The van der Waals surface area contributed by atoms with Crippen LogP contribution >= 0.6 is 0 Å². The van der Waals surface area contributed by atoms with Crippen LogP contribution in [0.5, 0.6) is 0 Å².